The summed E-state index contributed by atoms with van der Waals surface area (Å²) in [5.41, 5.74) is 0.760. The fraction of sp³-hybridized carbons (Fsp3) is 0.364. The summed E-state index contributed by atoms with van der Waals surface area (Å²) < 4.78 is 22.8. The van der Waals surface area contributed by atoms with Crippen LogP contribution in [0.1, 0.15) is 11.7 Å². The quantitative estimate of drug-likeness (QED) is 0.276. The van der Waals surface area contributed by atoms with E-state index < -0.39 is 39.8 Å². The molecule has 1 aliphatic heterocycles. The maximum atomic E-state index is 11.4. The first-order valence-corrected chi connectivity index (χ1v) is 12.2. The summed E-state index contributed by atoms with van der Waals surface area (Å²) in [7, 11) is -1.08. The number of aliphatic carboxylic acids is 4. The van der Waals surface area contributed by atoms with E-state index >= 15 is 0 Å². The first-order chi connectivity index (χ1) is 16.6. The lowest BCUT2D eigenvalue weighted by Crippen LogP contribution is -2.45. The number of piperazine rings is 1. The second-order valence-corrected chi connectivity index (χ2v) is 9.50. The summed E-state index contributed by atoms with van der Waals surface area (Å²) in [4.78, 5) is 43.0. The van der Waals surface area contributed by atoms with Crippen LogP contribution < -0.4 is 0 Å². The molecule has 1 heterocycles. The van der Waals surface area contributed by atoms with Crippen LogP contribution in [0.5, 0.6) is 0 Å². The molecule has 1 aromatic rings. The van der Waals surface area contributed by atoms with Crippen LogP contribution in [0, 0.1) is 0 Å². The van der Waals surface area contributed by atoms with Crippen molar-refractivity contribution in [2.75, 3.05) is 46.0 Å². The molecule has 13 nitrogen and oxygen atoms in total. The van der Waals surface area contributed by atoms with Gasteiger partial charge in [0.25, 0.3) is 0 Å². The summed E-state index contributed by atoms with van der Waals surface area (Å²) in [6.07, 6.45) is 2.84. The monoisotopic (exact) mass is 530 g/mol. The van der Waals surface area contributed by atoms with Gasteiger partial charge < -0.3 is 30.4 Å². The molecule has 2 rings (SSSR count). The third kappa shape index (κ3) is 16.1. The molecule has 200 valence electrons. The van der Waals surface area contributed by atoms with Gasteiger partial charge in [0.05, 0.1) is 11.0 Å². The van der Waals surface area contributed by atoms with E-state index in [-0.39, 0.29) is 4.90 Å². The van der Waals surface area contributed by atoms with Gasteiger partial charge in [-0.15, -0.1) is 0 Å². The van der Waals surface area contributed by atoms with E-state index in [4.69, 9.17) is 20.4 Å². The van der Waals surface area contributed by atoms with E-state index in [9.17, 15) is 32.7 Å². The number of carboxylic acid groups (broad SMARTS) is 4. The van der Waals surface area contributed by atoms with Gasteiger partial charge in [-0.3, -0.25) is 4.90 Å². The number of sulfone groups is 1. The van der Waals surface area contributed by atoms with Gasteiger partial charge in [-0.25, -0.2) is 27.6 Å². The predicted molar refractivity (Wildman–Crippen MR) is 127 cm³/mol. The Labute approximate surface area is 208 Å². The fourth-order valence-electron chi connectivity index (χ4n) is 2.60. The molecule has 0 radical (unpaired) electrons. The molecule has 0 saturated carbocycles. The minimum Gasteiger partial charge on any atom is -0.478 e. The molecule has 0 aromatic heterocycles. The molecule has 1 atom stereocenters. The molecule has 1 aliphatic rings. The van der Waals surface area contributed by atoms with Crippen molar-refractivity contribution in [1.82, 2.24) is 9.80 Å². The number of nitrogens with zero attached hydrogens (tertiary/aromatic N) is 2. The number of rotatable bonds is 8. The van der Waals surface area contributed by atoms with Crippen molar-refractivity contribution in [2.45, 2.75) is 11.0 Å². The van der Waals surface area contributed by atoms with Gasteiger partial charge in [-0.1, -0.05) is 12.1 Å². The number of benzene rings is 1. The summed E-state index contributed by atoms with van der Waals surface area (Å²) in [5.74, 6) is -5.03. The van der Waals surface area contributed by atoms with Gasteiger partial charge >= 0.3 is 23.9 Å². The van der Waals surface area contributed by atoms with Crippen molar-refractivity contribution in [3.8, 4) is 0 Å². The van der Waals surface area contributed by atoms with Gasteiger partial charge in [0.2, 0.25) is 0 Å². The smallest absolute Gasteiger partial charge is 0.328 e. The third-order valence-electron chi connectivity index (χ3n) is 4.46. The zero-order valence-corrected chi connectivity index (χ0v) is 20.5. The van der Waals surface area contributed by atoms with Gasteiger partial charge in [0.15, 0.2) is 9.84 Å². The SMILES string of the molecule is CN1CCN(CC(O)c2ccc(S(C)(=O)=O)cc2)CC1.O=C(O)/C=C\C(=O)O.O=C(O)/C=C\C(=O)O. The summed E-state index contributed by atoms with van der Waals surface area (Å²) in [6, 6.07) is 6.49. The van der Waals surface area contributed by atoms with Crippen molar-refractivity contribution in [3.63, 3.8) is 0 Å². The lowest BCUT2D eigenvalue weighted by atomic mass is 10.1. The summed E-state index contributed by atoms with van der Waals surface area (Å²) >= 11 is 0. The lowest BCUT2D eigenvalue weighted by Gasteiger charge is -2.33. The number of carboxylic acids is 4. The normalized spacial score (nSPS) is 15.3. The third-order valence-corrected chi connectivity index (χ3v) is 5.59. The molecule has 1 aromatic carbocycles. The van der Waals surface area contributed by atoms with Crippen LogP contribution in [0.4, 0.5) is 0 Å². The second kappa shape index (κ2) is 16.1. The van der Waals surface area contributed by atoms with Crippen LogP contribution >= 0.6 is 0 Å². The molecule has 0 spiro atoms. The Kier molecular flexibility index (Phi) is 14.5. The highest BCUT2D eigenvalue weighted by molar-refractivity contribution is 7.90. The summed E-state index contributed by atoms with van der Waals surface area (Å²) in [5, 5.41) is 41.5. The van der Waals surface area contributed by atoms with E-state index in [0.29, 0.717) is 30.8 Å². The number of aliphatic hydroxyl groups is 1. The zero-order chi connectivity index (χ0) is 27.9. The van der Waals surface area contributed by atoms with Crippen LogP contribution in [0.15, 0.2) is 53.5 Å². The Hall–Kier alpha value is -3.59. The van der Waals surface area contributed by atoms with Crippen molar-refractivity contribution in [1.29, 1.82) is 0 Å². The molecule has 0 bridgehead atoms. The first kappa shape index (κ1) is 32.4. The van der Waals surface area contributed by atoms with Crippen molar-refractivity contribution in [3.05, 3.63) is 54.1 Å². The average Bonchev–Trinajstić information content (AvgIpc) is 2.78. The lowest BCUT2D eigenvalue weighted by molar-refractivity contribution is -0.134. The van der Waals surface area contributed by atoms with Crippen molar-refractivity contribution in [2.24, 2.45) is 0 Å². The zero-order valence-electron chi connectivity index (χ0n) is 19.7. The maximum absolute atomic E-state index is 11.4. The van der Waals surface area contributed by atoms with Gasteiger partial charge in [-0.2, -0.15) is 0 Å². The van der Waals surface area contributed by atoms with Crippen LogP contribution in [0.3, 0.4) is 0 Å². The van der Waals surface area contributed by atoms with Crippen molar-refractivity contribution < 1.29 is 53.1 Å². The Balaban J connectivity index is 0.000000634. The predicted octanol–water partition coefficient (Wildman–Crippen LogP) is -0.205. The number of β-amino-alcohol motifs (C(OH)–C–C–N with tert-alkyl or cyclic N) is 1. The van der Waals surface area contributed by atoms with E-state index in [1.807, 2.05) is 0 Å². The first-order valence-electron chi connectivity index (χ1n) is 10.3. The number of hydrogen-bond donors (Lipinski definition) is 5. The number of aliphatic hydroxyl groups excluding tert-OH is 1. The highest BCUT2D eigenvalue weighted by atomic mass is 32.2. The fourth-order valence-corrected chi connectivity index (χ4v) is 3.23. The molecule has 0 aliphatic carbocycles. The largest absolute Gasteiger partial charge is 0.478 e. The van der Waals surface area contributed by atoms with E-state index in [1.54, 1.807) is 24.3 Å². The van der Waals surface area contributed by atoms with Gasteiger partial charge in [-0.05, 0) is 24.7 Å². The van der Waals surface area contributed by atoms with Crippen LogP contribution in [0.25, 0.3) is 0 Å². The maximum Gasteiger partial charge on any atom is 0.328 e. The summed E-state index contributed by atoms with van der Waals surface area (Å²) in [6.45, 7) is 4.52. The molecule has 5 N–H and O–H groups in total. The molecule has 0 amide bonds. The Bertz CT molecular complexity index is 976. The highest BCUT2D eigenvalue weighted by Crippen LogP contribution is 2.18. The molecule has 14 heteroatoms. The second-order valence-electron chi connectivity index (χ2n) is 7.48. The minimum absolute atomic E-state index is 0.285. The van der Waals surface area contributed by atoms with E-state index in [2.05, 4.69) is 16.8 Å². The van der Waals surface area contributed by atoms with E-state index in [1.165, 1.54) is 6.26 Å². The Morgan fingerprint density at radius 1 is 0.806 bits per heavy atom. The van der Waals surface area contributed by atoms with Crippen molar-refractivity contribution >= 4 is 33.7 Å². The Morgan fingerprint density at radius 2 is 1.17 bits per heavy atom. The topological polar surface area (TPSA) is 210 Å². The molecular formula is C22H30N2O11S. The highest BCUT2D eigenvalue weighted by Gasteiger charge is 2.18. The number of hydrogen-bond acceptors (Lipinski definition) is 9. The number of carbonyl (C=O) groups is 4. The van der Waals surface area contributed by atoms with Crippen LogP contribution in [0.2, 0.25) is 0 Å². The molecule has 1 unspecified atom stereocenters. The standard InChI is InChI=1S/C14H22N2O3S.2C4H4O4/c1-15-7-9-16(10-8-15)11-14(17)12-3-5-13(6-4-12)20(2,18)19;2*5-3(6)1-2-4(7)8/h3-6,14,17H,7-11H2,1-2H3;2*1-2H,(H,5,6)(H,7,8)/b;2*2-1-. The molecule has 1 fully saturated rings. The average molecular weight is 531 g/mol. The van der Waals surface area contributed by atoms with Crippen LogP contribution in [-0.2, 0) is 29.0 Å². The molecular weight excluding hydrogens is 500 g/mol. The minimum atomic E-state index is -3.18. The van der Waals surface area contributed by atoms with Crippen LogP contribution in [-0.4, -0.2) is 114 Å². The van der Waals surface area contributed by atoms with Gasteiger partial charge in [0, 0.05) is 63.3 Å². The Morgan fingerprint density at radius 3 is 1.47 bits per heavy atom. The molecule has 1 saturated heterocycles. The number of likely N-dealkylation sites (N-methyl/N-ethyl adjacent to an activating group) is 1. The van der Waals surface area contributed by atoms with Gasteiger partial charge in [0.1, 0.15) is 0 Å². The van der Waals surface area contributed by atoms with E-state index in [0.717, 1.165) is 31.7 Å². The molecule has 36 heavy (non-hydrogen) atoms.